The van der Waals surface area contributed by atoms with Gasteiger partial charge in [-0.05, 0) is 63.4 Å². The van der Waals surface area contributed by atoms with Gasteiger partial charge in [0, 0.05) is 16.9 Å². The summed E-state index contributed by atoms with van der Waals surface area (Å²) in [4.78, 5) is 8.91. The van der Waals surface area contributed by atoms with Crippen molar-refractivity contribution < 1.29 is 14.0 Å². The molecule has 0 amide bonds. The normalized spacial score (nSPS) is 14.4. The number of rotatable bonds is 8. The lowest BCUT2D eigenvalue weighted by atomic mass is 9.89. The smallest absolute Gasteiger partial charge is 0.229 e. The van der Waals surface area contributed by atoms with Gasteiger partial charge in [-0.15, -0.1) is 0 Å². The zero-order valence-electron chi connectivity index (χ0n) is 20.4. The van der Waals surface area contributed by atoms with Crippen LogP contribution >= 0.6 is 18.7 Å². The van der Waals surface area contributed by atoms with Gasteiger partial charge in [0.2, 0.25) is 5.95 Å². The standard InChI is InChI=1S/C25H31ClN5O3P/c1-33-21-14-20(22(34-2)13-17(21)16-9-11-27-12-10-16)30-25-28-15-18(26)24(31-25)29-19-7-5-6-8-23(19)35(3,4)32/h5-8,13-16,27H,9-12H2,1-4H3,(H2,28,29,30,31). The lowest BCUT2D eigenvalue weighted by Gasteiger charge is -2.25. The molecule has 186 valence electrons. The van der Waals surface area contributed by atoms with E-state index in [1.807, 2.05) is 36.4 Å². The van der Waals surface area contributed by atoms with Gasteiger partial charge in [-0.1, -0.05) is 23.7 Å². The molecule has 8 nitrogen and oxygen atoms in total. The number of para-hydroxylation sites is 1. The molecule has 1 aromatic heterocycles. The summed E-state index contributed by atoms with van der Waals surface area (Å²) >= 11 is 6.39. The number of piperidine rings is 1. The molecule has 0 aliphatic carbocycles. The molecule has 4 rings (SSSR count). The van der Waals surface area contributed by atoms with Crippen LogP contribution < -0.4 is 30.7 Å². The van der Waals surface area contributed by atoms with Crippen LogP contribution in [0.4, 0.5) is 23.1 Å². The molecule has 3 N–H and O–H groups in total. The second-order valence-corrected chi connectivity index (χ2v) is 12.4. The average molecular weight is 516 g/mol. The fraction of sp³-hybridized carbons (Fsp3) is 0.360. The number of halogens is 1. The third-order valence-corrected chi connectivity index (χ3v) is 7.89. The molecule has 0 atom stereocenters. The zero-order chi connectivity index (χ0) is 25.0. The van der Waals surface area contributed by atoms with E-state index in [1.165, 1.54) is 6.20 Å². The fourth-order valence-corrected chi connectivity index (χ4v) is 5.58. The van der Waals surface area contributed by atoms with Crippen LogP contribution in [-0.4, -0.2) is 50.6 Å². The maximum Gasteiger partial charge on any atom is 0.229 e. The van der Waals surface area contributed by atoms with Gasteiger partial charge in [-0.3, -0.25) is 0 Å². The predicted octanol–water partition coefficient (Wildman–Crippen LogP) is 5.35. The Bertz CT molecular complexity index is 1240. The zero-order valence-corrected chi connectivity index (χ0v) is 22.0. The molecule has 0 saturated carbocycles. The van der Waals surface area contributed by atoms with E-state index in [1.54, 1.807) is 27.5 Å². The van der Waals surface area contributed by atoms with Crippen LogP contribution in [0.2, 0.25) is 5.02 Å². The van der Waals surface area contributed by atoms with Crippen LogP contribution in [0.15, 0.2) is 42.6 Å². The highest BCUT2D eigenvalue weighted by atomic mass is 35.5. The first kappa shape index (κ1) is 25.3. The molecule has 0 unspecified atom stereocenters. The first-order chi connectivity index (χ1) is 16.8. The molecule has 1 aliphatic rings. The van der Waals surface area contributed by atoms with Gasteiger partial charge in [0.1, 0.15) is 23.7 Å². The van der Waals surface area contributed by atoms with Gasteiger partial charge in [0.25, 0.3) is 0 Å². The highest BCUT2D eigenvalue weighted by Gasteiger charge is 2.22. The summed E-state index contributed by atoms with van der Waals surface area (Å²) < 4.78 is 24.2. The predicted molar refractivity (Wildman–Crippen MR) is 144 cm³/mol. The first-order valence-electron chi connectivity index (χ1n) is 11.5. The van der Waals surface area contributed by atoms with E-state index in [-0.39, 0.29) is 0 Å². The molecular formula is C25H31ClN5O3P. The molecule has 0 radical (unpaired) electrons. The molecule has 1 saturated heterocycles. The van der Waals surface area contributed by atoms with Crippen LogP contribution in [0, 0.1) is 0 Å². The van der Waals surface area contributed by atoms with E-state index >= 15 is 0 Å². The van der Waals surface area contributed by atoms with Crippen LogP contribution in [0.25, 0.3) is 0 Å². The molecule has 2 aromatic carbocycles. The quantitative estimate of drug-likeness (QED) is 0.345. The third-order valence-electron chi connectivity index (χ3n) is 6.06. The summed E-state index contributed by atoms with van der Waals surface area (Å²) in [5.41, 5.74) is 2.51. The molecule has 0 spiro atoms. The summed E-state index contributed by atoms with van der Waals surface area (Å²) in [7, 11) is 0.804. The molecule has 35 heavy (non-hydrogen) atoms. The van der Waals surface area contributed by atoms with E-state index in [2.05, 4.69) is 25.9 Å². The Kier molecular flexibility index (Phi) is 7.85. The summed E-state index contributed by atoms with van der Waals surface area (Å²) in [5, 5.41) is 10.9. The van der Waals surface area contributed by atoms with Gasteiger partial charge in [-0.2, -0.15) is 4.98 Å². The number of hydrogen-bond acceptors (Lipinski definition) is 8. The van der Waals surface area contributed by atoms with E-state index in [9.17, 15) is 4.57 Å². The minimum absolute atomic E-state index is 0.334. The molecule has 1 aliphatic heterocycles. The monoisotopic (exact) mass is 515 g/mol. The van der Waals surface area contributed by atoms with Gasteiger partial charge in [0.15, 0.2) is 5.82 Å². The van der Waals surface area contributed by atoms with Crippen LogP contribution in [-0.2, 0) is 4.57 Å². The van der Waals surface area contributed by atoms with Crippen molar-refractivity contribution in [3.8, 4) is 11.5 Å². The minimum Gasteiger partial charge on any atom is -0.496 e. The average Bonchev–Trinajstić information content (AvgIpc) is 2.86. The first-order valence-corrected chi connectivity index (χ1v) is 14.5. The van der Waals surface area contributed by atoms with Crippen molar-refractivity contribution in [1.29, 1.82) is 0 Å². The summed E-state index contributed by atoms with van der Waals surface area (Å²) in [5.74, 6) is 2.62. The molecule has 2 heterocycles. The number of ether oxygens (including phenoxy) is 2. The molecular weight excluding hydrogens is 485 g/mol. The van der Waals surface area contributed by atoms with Crippen LogP contribution in [0.3, 0.4) is 0 Å². The lowest BCUT2D eigenvalue weighted by Crippen LogP contribution is -2.26. The van der Waals surface area contributed by atoms with Crippen LogP contribution in [0.5, 0.6) is 11.5 Å². The number of aromatic nitrogens is 2. The Labute approximate surface area is 211 Å². The number of nitrogens with zero attached hydrogens (tertiary/aromatic N) is 2. The Morgan fingerprint density at radius 2 is 1.74 bits per heavy atom. The van der Waals surface area contributed by atoms with Crippen molar-refractivity contribution in [2.24, 2.45) is 0 Å². The number of hydrogen-bond donors (Lipinski definition) is 3. The van der Waals surface area contributed by atoms with Gasteiger partial charge in [0.05, 0.1) is 31.8 Å². The van der Waals surface area contributed by atoms with E-state index < -0.39 is 7.14 Å². The number of benzene rings is 2. The lowest BCUT2D eigenvalue weighted by molar-refractivity contribution is 0.384. The van der Waals surface area contributed by atoms with E-state index in [0.29, 0.717) is 39.8 Å². The second kappa shape index (κ2) is 10.9. The van der Waals surface area contributed by atoms with Crippen molar-refractivity contribution in [2.45, 2.75) is 18.8 Å². The van der Waals surface area contributed by atoms with E-state index in [0.717, 1.165) is 42.5 Å². The summed E-state index contributed by atoms with van der Waals surface area (Å²) in [6, 6.07) is 11.4. The SMILES string of the molecule is COc1cc(C2CCNCC2)c(OC)cc1Nc1ncc(Cl)c(Nc2ccccc2P(C)(C)=O)n1. The van der Waals surface area contributed by atoms with Crippen molar-refractivity contribution >= 4 is 47.2 Å². The van der Waals surface area contributed by atoms with Gasteiger partial charge < -0.3 is 30.0 Å². The molecule has 3 aromatic rings. The second-order valence-electron chi connectivity index (χ2n) is 8.83. The highest BCUT2D eigenvalue weighted by Crippen LogP contribution is 2.41. The Morgan fingerprint density at radius 1 is 1.03 bits per heavy atom. The van der Waals surface area contributed by atoms with Gasteiger partial charge >= 0.3 is 0 Å². The Balaban J connectivity index is 1.64. The Morgan fingerprint density at radius 3 is 2.43 bits per heavy atom. The Hall–Kier alpha value is -2.80. The number of nitrogens with one attached hydrogen (secondary N) is 3. The summed E-state index contributed by atoms with van der Waals surface area (Å²) in [6.45, 7) is 5.43. The minimum atomic E-state index is -2.51. The maximum atomic E-state index is 12.7. The topological polar surface area (TPSA) is 97.4 Å². The van der Waals surface area contributed by atoms with E-state index in [4.69, 9.17) is 21.1 Å². The maximum absolute atomic E-state index is 12.7. The van der Waals surface area contributed by atoms with Crippen molar-refractivity contribution in [2.75, 3.05) is 51.3 Å². The van der Waals surface area contributed by atoms with Crippen molar-refractivity contribution in [3.63, 3.8) is 0 Å². The van der Waals surface area contributed by atoms with Crippen molar-refractivity contribution in [1.82, 2.24) is 15.3 Å². The van der Waals surface area contributed by atoms with Crippen LogP contribution in [0.1, 0.15) is 24.3 Å². The molecule has 10 heteroatoms. The largest absolute Gasteiger partial charge is 0.496 e. The van der Waals surface area contributed by atoms with Gasteiger partial charge in [-0.25, -0.2) is 4.98 Å². The third kappa shape index (κ3) is 5.89. The number of methoxy groups -OCH3 is 2. The highest BCUT2D eigenvalue weighted by molar-refractivity contribution is 7.70. The molecule has 0 bridgehead atoms. The number of anilines is 4. The van der Waals surface area contributed by atoms with Crippen molar-refractivity contribution in [3.05, 3.63) is 53.2 Å². The summed E-state index contributed by atoms with van der Waals surface area (Å²) in [6.07, 6.45) is 3.61. The fourth-order valence-electron chi connectivity index (χ4n) is 4.28. The molecule has 1 fully saturated rings.